The van der Waals surface area contributed by atoms with Crippen LogP contribution in [0.1, 0.15) is 5.69 Å². The van der Waals surface area contributed by atoms with Crippen molar-refractivity contribution in [3.63, 3.8) is 0 Å². The van der Waals surface area contributed by atoms with Crippen LogP contribution in [0, 0.1) is 6.92 Å². The van der Waals surface area contributed by atoms with E-state index in [0.717, 1.165) is 10.8 Å². The van der Waals surface area contributed by atoms with E-state index in [9.17, 15) is 0 Å². The Balaban J connectivity index is 2.85. The van der Waals surface area contributed by atoms with Gasteiger partial charge < -0.3 is 4.90 Å². The van der Waals surface area contributed by atoms with Crippen molar-refractivity contribution in [2.45, 2.75) is 0 Å². The van der Waals surface area contributed by atoms with E-state index in [-0.39, 0.29) is 0 Å². The first-order valence-corrected chi connectivity index (χ1v) is 3.53. The molecule has 0 spiro atoms. The summed E-state index contributed by atoms with van der Waals surface area (Å²) >= 11 is 1.61. The molecule has 0 aromatic carbocycles. The third-order valence-corrected chi connectivity index (χ3v) is 1.98. The topological polar surface area (TPSA) is 16.1 Å². The molecule has 1 radical (unpaired) electrons. The van der Waals surface area contributed by atoms with Crippen molar-refractivity contribution >= 4 is 16.5 Å². The molecule has 0 amide bonds. The Bertz CT molecular complexity index is 193. The van der Waals surface area contributed by atoms with Crippen molar-refractivity contribution in [3.8, 4) is 0 Å². The first-order chi connectivity index (χ1) is 4.20. The van der Waals surface area contributed by atoms with Crippen molar-refractivity contribution in [3.05, 3.63) is 18.0 Å². The van der Waals surface area contributed by atoms with Gasteiger partial charge in [-0.2, -0.15) is 0 Å². The summed E-state index contributed by atoms with van der Waals surface area (Å²) in [5, 5.41) is 2.95. The fraction of sp³-hybridized carbons (Fsp3) is 0.333. The normalized spacial score (nSPS) is 9.67. The molecule has 1 aromatic heterocycles. The second-order valence-electron chi connectivity index (χ2n) is 2.02. The lowest BCUT2D eigenvalue weighted by molar-refractivity contribution is 1.10. The van der Waals surface area contributed by atoms with Crippen LogP contribution in [-0.2, 0) is 0 Å². The summed E-state index contributed by atoms with van der Waals surface area (Å²) in [4.78, 5) is 6.12. The van der Waals surface area contributed by atoms with Gasteiger partial charge in [0.2, 0.25) is 0 Å². The molecule has 1 rings (SSSR count). The minimum Gasteiger partial charge on any atom is -0.354 e. The first-order valence-electron chi connectivity index (χ1n) is 2.65. The van der Waals surface area contributed by atoms with Crippen LogP contribution in [-0.4, -0.2) is 19.1 Å². The van der Waals surface area contributed by atoms with E-state index in [4.69, 9.17) is 0 Å². The van der Waals surface area contributed by atoms with Crippen LogP contribution in [0.4, 0.5) is 5.13 Å². The van der Waals surface area contributed by atoms with Gasteiger partial charge in [-0.25, -0.2) is 4.98 Å². The molecule has 0 saturated carbocycles. The molecule has 0 bridgehead atoms. The molecule has 3 heteroatoms. The van der Waals surface area contributed by atoms with Gasteiger partial charge in [0.1, 0.15) is 0 Å². The summed E-state index contributed by atoms with van der Waals surface area (Å²) in [7, 11) is 3.94. The Morgan fingerprint density at radius 1 is 1.67 bits per heavy atom. The Labute approximate surface area is 59.1 Å². The molecule has 49 valence electrons. The quantitative estimate of drug-likeness (QED) is 0.587. The van der Waals surface area contributed by atoms with Crippen LogP contribution in [0.2, 0.25) is 0 Å². The second kappa shape index (κ2) is 2.35. The zero-order valence-electron chi connectivity index (χ0n) is 5.59. The van der Waals surface area contributed by atoms with Gasteiger partial charge in [0.15, 0.2) is 5.13 Å². The van der Waals surface area contributed by atoms with E-state index in [2.05, 4.69) is 11.9 Å². The highest BCUT2D eigenvalue weighted by molar-refractivity contribution is 7.13. The van der Waals surface area contributed by atoms with Crippen molar-refractivity contribution < 1.29 is 0 Å². The third-order valence-electron chi connectivity index (χ3n) is 0.922. The van der Waals surface area contributed by atoms with Gasteiger partial charge in [-0.1, -0.05) is 0 Å². The average Bonchev–Trinajstić information content (AvgIpc) is 2.14. The van der Waals surface area contributed by atoms with Gasteiger partial charge in [0.05, 0.1) is 5.69 Å². The van der Waals surface area contributed by atoms with Gasteiger partial charge in [-0.05, 0) is 6.92 Å². The van der Waals surface area contributed by atoms with E-state index < -0.39 is 0 Å². The van der Waals surface area contributed by atoms with Crippen LogP contribution in [0.5, 0.6) is 0 Å². The monoisotopic (exact) mass is 141 g/mol. The number of aromatic nitrogens is 1. The molecular formula is C6H9N2S. The Morgan fingerprint density at radius 2 is 2.33 bits per heavy atom. The molecule has 0 aliphatic carbocycles. The Kier molecular flexibility index (Phi) is 1.71. The predicted molar refractivity (Wildman–Crippen MR) is 40.9 cm³/mol. The molecule has 1 heterocycles. The van der Waals surface area contributed by atoms with Crippen molar-refractivity contribution in [1.29, 1.82) is 0 Å². The van der Waals surface area contributed by atoms with Crippen molar-refractivity contribution in [1.82, 2.24) is 4.98 Å². The molecule has 0 N–H and O–H groups in total. The number of hydrogen-bond donors (Lipinski definition) is 0. The highest BCUT2D eigenvalue weighted by Gasteiger charge is 1.97. The minimum absolute atomic E-state index is 0.851. The number of anilines is 1. The SMILES string of the molecule is [CH2]c1csc(N(C)C)n1. The maximum atomic E-state index is 4.14. The van der Waals surface area contributed by atoms with Crippen LogP contribution < -0.4 is 4.90 Å². The Morgan fingerprint density at radius 3 is 2.56 bits per heavy atom. The summed E-state index contributed by atoms with van der Waals surface area (Å²) in [6.07, 6.45) is 0. The molecule has 0 unspecified atom stereocenters. The molecule has 0 fully saturated rings. The average molecular weight is 141 g/mol. The summed E-state index contributed by atoms with van der Waals surface area (Å²) in [5.41, 5.74) is 0.851. The molecule has 0 aliphatic rings. The largest absolute Gasteiger partial charge is 0.354 e. The van der Waals surface area contributed by atoms with E-state index in [1.165, 1.54) is 0 Å². The Hall–Kier alpha value is -0.570. The molecule has 0 aliphatic heterocycles. The molecular weight excluding hydrogens is 132 g/mol. The fourth-order valence-corrected chi connectivity index (χ4v) is 1.18. The summed E-state index contributed by atoms with van der Waals surface area (Å²) < 4.78 is 0. The van der Waals surface area contributed by atoms with Crippen LogP contribution in [0.15, 0.2) is 5.38 Å². The third kappa shape index (κ3) is 1.42. The van der Waals surface area contributed by atoms with E-state index in [1.807, 2.05) is 24.4 Å². The van der Waals surface area contributed by atoms with Crippen LogP contribution >= 0.6 is 11.3 Å². The van der Waals surface area contributed by atoms with Gasteiger partial charge in [-0.15, -0.1) is 11.3 Å². The maximum absolute atomic E-state index is 4.14. The van der Waals surface area contributed by atoms with Gasteiger partial charge >= 0.3 is 0 Å². The van der Waals surface area contributed by atoms with Gasteiger partial charge in [0.25, 0.3) is 0 Å². The standard InChI is InChI=1S/C6H9N2S/c1-5-4-9-6(7-5)8(2)3/h4H,1H2,2-3H3. The number of nitrogens with zero attached hydrogens (tertiary/aromatic N) is 2. The molecule has 0 atom stereocenters. The van der Waals surface area contributed by atoms with E-state index >= 15 is 0 Å². The van der Waals surface area contributed by atoms with E-state index in [0.29, 0.717) is 0 Å². The lowest BCUT2D eigenvalue weighted by atomic mass is 10.6. The lowest BCUT2D eigenvalue weighted by Crippen LogP contribution is -2.07. The lowest BCUT2D eigenvalue weighted by Gasteiger charge is -2.04. The van der Waals surface area contributed by atoms with Gasteiger partial charge in [-0.3, -0.25) is 0 Å². The molecule has 2 nitrogen and oxygen atoms in total. The summed E-state index contributed by atoms with van der Waals surface area (Å²) in [6.45, 7) is 3.70. The second-order valence-corrected chi connectivity index (χ2v) is 2.85. The smallest absolute Gasteiger partial charge is 0.184 e. The highest BCUT2D eigenvalue weighted by atomic mass is 32.1. The van der Waals surface area contributed by atoms with Crippen LogP contribution in [0.3, 0.4) is 0 Å². The molecule has 9 heavy (non-hydrogen) atoms. The molecule has 0 saturated heterocycles. The van der Waals surface area contributed by atoms with E-state index in [1.54, 1.807) is 11.3 Å². The van der Waals surface area contributed by atoms with Crippen LogP contribution in [0.25, 0.3) is 0 Å². The summed E-state index contributed by atoms with van der Waals surface area (Å²) in [6, 6.07) is 0. The number of thiazole rings is 1. The maximum Gasteiger partial charge on any atom is 0.184 e. The van der Waals surface area contributed by atoms with Crippen molar-refractivity contribution in [2.75, 3.05) is 19.0 Å². The molecule has 1 aromatic rings. The highest BCUT2D eigenvalue weighted by Crippen LogP contribution is 2.16. The first kappa shape index (κ1) is 6.55. The number of hydrogen-bond acceptors (Lipinski definition) is 3. The predicted octanol–water partition coefficient (Wildman–Crippen LogP) is 1.39. The van der Waals surface area contributed by atoms with Crippen molar-refractivity contribution in [2.24, 2.45) is 0 Å². The van der Waals surface area contributed by atoms with Gasteiger partial charge in [0, 0.05) is 19.5 Å². The fourth-order valence-electron chi connectivity index (χ4n) is 0.502. The zero-order valence-corrected chi connectivity index (χ0v) is 6.40. The zero-order chi connectivity index (χ0) is 6.85. The minimum atomic E-state index is 0.851. The summed E-state index contributed by atoms with van der Waals surface area (Å²) in [5.74, 6) is 0. The number of rotatable bonds is 1.